The van der Waals surface area contributed by atoms with E-state index in [1.165, 1.54) is 12.1 Å². The summed E-state index contributed by atoms with van der Waals surface area (Å²) < 4.78 is 15.4. The molecule has 0 unspecified atom stereocenters. The Kier molecular flexibility index (Phi) is 6.56. The molecule has 29 heavy (non-hydrogen) atoms. The van der Waals surface area contributed by atoms with Crippen LogP contribution in [0.4, 0.5) is 14.9 Å². The highest BCUT2D eigenvalue weighted by atomic mass is 19.1. The Morgan fingerprint density at radius 1 is 1.24 bits per heavy atom. The molecule has 1 aromatic carbocycles. The van der Waals surface area contributed by atoms with Crippen molar-refractivity contribution in [1.29, 1.82) is 0 Å². The highest BCUT2D eigenvalue weighted by Crippen LogP contribution is 2.28. The maximum absolute atomic E-state index is 13.4. The van der Waals surface area contributed by atoms with E-state index in [-0.39, 0.29) is 24.5 Å². The minimum Gasteiger partial charge on any atom is -0.353 e. The summed E-state index contributed by atoms with van der Waals surface area (Å²) in [6.45, 7) is 5.28. The summed E-state index contributed by atoms with van der Waals surface area (Å²) in [6, 6.07) is 9.41. The first-order valence-electron chi connectivity index (χ1n) is 10.0. The van der Waals surface area contributed by atoms with Crippen molar-refractivity contribution in [3.05, 3.63) is 54.1 Å². The molecule has 6 nitrogen and oxygen atoms in total. The Morgan fingerprint density at radius 3 is 2.59 bits per heavy atom. The number of carbonyl (C=O) groups is 2. The molecule has 0 atom stereocenters. The largest absolute Gasteiger partial charge is 0.353 e. The molecule has 0 radical (unpaired) electrons. The minimum atomic E-state index is -0.414. The van der Waals surface area contributed by atoms with Crippen molar-refractivity contribution in [2.24, 2.45) is 13.0 Å². The molecule has 2 aromatic rings. The normalized spacial score (nSPS) is 13.4. The molecule has 0 bridgehead atoms. The van der Waals surface area contributed by atoms with Crippen LogP contribution in [0.3, 0.4) is 0 Å². The lowest BCUT2D eigenvalue weighted by Crippen LogP contribution is -2.46. The van der Waals surface area contributed by atoms with Gasteiger partial charge in [0.25, 0.3) is 0 Å². The minimum absolute atomic E-state index is 0.0168. The second-order valence-corrected chi connectivity index (χ2v) is 8.08. The van der Waals surface area contributed by atoms with Crippen LogP contribution >= 0.6 is 0 Å². The van der Waals surface area contributed by atoms with Gasteiger partial charge in [-0.15, -0.1) is 0 Å². The van der Waals surface area contributed by atoms with Crippen molar-refractivity contribution in [3.63, 3.8) is 0 Å². The van der Waals surface area contributed by atoms with Crippen LogP contribution in [-0.2, 0) is 18.4 Å². The average Bonchev–Trinajstić information content (AvgIpc) is 3.41. The van der Waals surface area contributed by atoms with Gasteiger partial charge >= 0.3 is 6.03 Å². The summed E-state index contributed by atoms with van der Waals surface area (Å²) in [7, 11) is 1.95. The number of amides is 3. The van der Waals surface area contributed by atoms with Crippen molar-refractivity contribution >= 4 is 17.6 Å². The number of aryl methyl sites for hydroxylation is 1. The van der Waals surface area contributed by atoms with E-state index in [1.54, 1.807) is 17.0 Å². The third kappa shape index (κ3) is 5.82. The Balaban J connectivity index is 1.69. The van der Waals surface area contributed by atoms with Crippen LogP contribution in [0.25, 0.3) is 0 Å². The molecule has 1 aromatic heterocycles. The lowest BCUT2D eigenvalue weighted by Gasteiger charge is -2.29. The van der Waals surface area contributed by atoms with E-state index in [4.69, 9.17) is 0 Å². The number of rotatable bonds is 8. The summed E-state index contributed by atoms with van der Waals surface area (Å²) in [4.78, 5) is 29.3. The molecular formula is C22H29FN4O2. The lowest BCUT2D eigenvalue weighted by molar-refractivity contribution is -0.133. The van der Waals surface area contributed by atoms with Gasteiger partial charge in [-0.2, -0.15) is 0 Å². The zero-order valence-electron chi connectivity index (χ0n) is 17.3. The van der Waals surface area contributed by atoms with E-state index in [2.05, 4.69) is 19.2 Å². The van der Waals surface area contributed by atoms with Crippen LogP contribution in [-0.4, -0.2) is 45.4 Å². The van der Waals surface area contributed by atoms with E-state index < -0.39 is 5.82 Å². The predicted octanol–water partition coefficient (Wildman–Crippen LogP) is 3.85. The van der Waals surface area contributed by atoms with Crippen molar-refractivity contribution in [2.75, 3.05) is 18.4 Å². The van der Waals surface area contributed by atoms with Crippen molar-refractivity contribution in [3.8, 4) is 0 Å². The monoisotopic (exact) mass is 400 g/mol. The van der Waals surface area contributed by atoms with E-state index in [0.29, 0.717) is 24.7 Å². The van der Waals surface area contributed by atoms with Gasteiger partial charge in [-0.05, 0) is 49.1 Å². The Bertz CT molecular complexity index is 860. The summed E-state index contributed by atoms with van der Waals surface area (Å²) >= 11 is 0. The highest BCUT2D eigenvalue weighted by Gasteiger charge is 2.35. The van der Waals surface area contributed by atoms with Gasteiger partial charge in [0.15, 0.2) is 0 Å². The summed E-state index contributed by atoms with van der Waals surface area (Å²) in [5.41, 5.74) is 1.43. The zero-order chi connectivity index (χ0) is 21.0. The van der Waals surface area contributed by atoms with Crippen LogP contribution in [0.1, 0.15) is 32.4 Å². The fourth-order valence-electron chi connectivity index (χ4n) is 3.31. The Hall–Kier alpha value is -2.83. The van der Waals surface area contributed by atoms with Crippen LogP contribution in [0.15, 0.2) is 42.6 Å². The van der Waals surface area contributed by atoms with Crippen molar-refractivity contribution < 1.29 is 14.0 Å². The topological polar surface area (TPSA) is 57.6 Å². The van der Waals surface area contributed by atoms with E-state index in [9.17, 15) is 14.0 Å². The number of carbonyl (C=O) groups excluding carboxylic acids is 2. The van der Waals surface area contributed by atoms with Crippen molar-refractivity contribution in [1.82, 2.24) is 14.4 Å². The molecule has 7 heteroatoms. The molecule has 1 aliphatic rings. The second-order valence-electron chi connectivity index (χ2n) is 8.08. The smallest absolute Gasteiger partial charge is 0.322 e. The molecule has 0 saturated heterocycles. The molecule has 1 fully saturated rings. The number of nitrogens with one attached hydrogen (secondary N) is 1. The number of aromatic nitrogens is 1. The first kappa shape index (κ1) is 20.9. The Morgan fingerprint density at radius 2 is 2.00 bits per heavy atom. The molecule has 3 rings (SSSR count). The molecule has 3 amide bonds. The standard InChI is InChI=1S/C22H29FN4O2/c1-16(2)13-26(14-20-8-5-11-25(20)3)21(28)15-27(19-9-10-19)22(29)24-18-7-4-6-17(23)12-18/h4-8,11-12,16,19H,9-10,13-15H2,1-3H3,(H,24,29). The molecule has 1 N–H and O–H groups in total. The van der Waals surface area contributed by atoms with Gasteiger partial charge in [-0.3, -0.25) is 4.79 Å². The van der Waals surface area contributed by atoms with Crippen LogP contribution in [0.2, 0.25) is 0 Å². The van der Waals surface area contributed by atoms with Gasteiger partial charge in [0.2, 0.25) is 5.91 Å². The van der Waals surface area contributed by atoms with Gasteiger partial charge in [-0.1, -0.05) is 19.9 Å². The van der Waals surface area contributed by atoms with Gasteiger partial charge in [-0.25, -0.2) is 9.18 Å². The summed E-state index contributed by atoms with van der Waals surface area (Å²) in [6.07, 6.45) is 3.72. The number of anilines is 1. The number of urea groups is 1. The summed E-state index contributed by atoms with van der Waals surface area (Å²) in [5.74, 6) is -0.182. The number of benzene rings is 1. The van der Waals surface area contributed by atoms with Gasteiger partial charge in [0.05, 0.1) is 6.54 Å². The van der Waals surface area contributed by atoms with E-state index in [0.717, 1.165) is 18.5 Å². The van der Waals surface area contributed by atoms with Crippen LogP contribution < -0.4 is 5.32 Å². The fourth-order valence-corrected chi connectivity index (χ4v) is 3.31. The zero-order valence-corrected chi connectivity index (χ0v) is 17.3. The molecule has 0 spiro atoms. The fraction of sp³-hybridized carbons (Fsp3) is 0.455. The highest BCUT2D eigenvalue weighted by molar-refractivity contribution is 5.92. The van der Waals surface area contributed by atoms with Gasteiger partial charge < -0.3 is 19.7 Å². The second kappa shape index (κ2) is 9.11. The average molecular weight is 400 g/mol. The molecular weight excluding hydrogens is 371 g/mol. The predicted molar refractivity (Wildman–Crippen MR) is 111 cm³/mol. The number of hydrogen-bond acceptors (Lipinski definition) is 2. The summed E-state index contributed by atoms with van der Waals surface area (Å²) in [5, 5.41) is 2.72. The lowest BCUT2D eigenvalue weighted by atomic mass is 10.2. The maximum atomic E-state index is 13.4. The van der Waals surface area contributed by atoms with Crippen LogP contribution in [0, 0.1) is 11.7 Å². The van der Waals surface area contributed by atoms with Crippen molar-refractivity contribution in [2.45, 2.75) is 39.3 Å². The van der Waals surface area contributed by atoms with Gasteiger partial charge in [0.1, 0.15) is 12.4 Å². The quantitative estimate of drug-likeness (QED) is 0.732. The van der Waals surface area contributed by atoms with E-state index in [1.807, 2.05) is 34.8 Å². The molecule has 1 heterocycles. The number of hydrogen-bond donors (Lipinski definition) is 1. The number of nitrogens with zero attached hydrogens (tertiary/aromatic N) is 3. The maximum Gasteiger partial charge on any atom is 0.322 e. The SMILES string of the molecule is CC(C)CN(Cc1cccn1C)C(=O)CN(C(=O)Nc1cccc(F)c1)C1CC1. The molecule has 156 valence electrons. The van der Waals surface area contributed by atoms with Crippen LogP contribution in [0.5, 0.6) is 0 Å². The van der Waals surface area contributed by atoms with E-state index >= 15 is 0 Å². The molecule has 0 aliphatic heterocycles. The third-order valence-corrected chi connectivity index (χ3v) is 4.97. The third-order valence-electron chi connectivity index (χ3n) is 4.97. The first-order valence-corrected chi connectivity index (χ1v) is 10.0. The van der Waals surface area contributed by atoms with Gasteiger partial charge in [0, 0.05) is 37.2 Å². The molecule has 1 saturated carbocycles. The first-order chi connectivity index (χ1) is 13.8. The molecule has 1 aliphatic carbocycles. The Labute approximate surface area is 171 Å². The number of halogens is 1.